The summed E-state index contributed by atoms with van der Waals surface area (Å²) in [6.45, 7) is 16.6. The van der Waals surface area contributed by atoms with E-state index in [2.05, 4.69) is 65.2 Å². The number of benzene rings is 1. The quantitative estimate of drug-likeness (QED) is 0.734. The van der Waals surface area contributed by atoms with Gasteiger partial charge in [-0.1, -0.05) is 46.8 Å². The van der Waals surface area contributed by atoms with Crippen molar-refractivity contribution in [2.45, 2.75) is 64.9 Å². The summed E-state index contributed by atoms with van der Waals surface area (Å²) < 4.78 is 11.9. The van der Waals surface area contributed by atoms with E-state index in [4.69, 9.17) is 9.16 Å². The van der Waals surface area contributed by atoms with Gasteiger partial charge in [-0.15, -0.1) is 0 Å². The first kappa shape index (κ1) is 19.2. The Balaban J connectivity index is 2.96. The Kier molecular flexibility index (Phi) is 6.65. The van der Waals surface area contributed by atoms with Crippen LogP contribution in [0.4, 0.5) is 0 Å². The second-order valence-electron chi connectivity index (χ2n) is 7.70. The molecule has 0 heterocycles. The lowest BCUT2D eigenvalue weighted by molar-refractivity contribution is 0.177. The fourth-order valence-corrected chi connectivity index (χ4v) is 3.21. The van der Waals surface area contributed by atoms with Crippen molar-refractivity contribution in [1.82, 2.24) is 5.32 Å². The average molecular weight is 324 g/mol. The van der Waals surface area contributed by atoms with E-state index in [9.17, 15) is 0 Å². The molecule has 0 aliphatic carbocycles. The van der Waals surface area contributed by atoms with Crippen molar-refractivity contribution in [2.75, 3.05) is 13.7 Å². The average Bonchev–Trinajstić information content (AvgIpc) is 2.42. The van der Waals surface area contributed by atoms with Crippen LogP contribution >= 0.6 is 0 Å². The van der Waals surface area contributed by atoms with Crippen molar-refractivity contribution in [3.63, 3.8) is 0 Å². The highest BCUT2D eigenvalue weighted by Crippen LogP contribution is 2.39. The first-order chi connectivity index (χ1) is 10.1. The Hall–Kier alpha value is -0.843. The zero-order valence-corrected chi connectivity index (χ0v) is 16.5. The van der Waals surface area contributed by atoms with Gasteiger partial charge in [0, 0.05) is 12.6 Å². The summed E-state index contributed by atoms with van der Waals surface area (Å²) in [5, 5.41) is 3.72. The van der Waals surface area contributed by atoms with Gasteiger partial charge >= 0.3 is 0 Å². The minimum Gasteiger partial charge on any atom is -0.497 e. The van der Waals surface area contributed by atoms with Gasteiger partial charge in [-0.05, 0) is 35.8 Å². The second-order valence-corrected chi connectivity index (χ2v) is 12.5. The smallest absolute Gasteiger partial charge is 0.192 e. The van der Waals surface area contributed by atoms with Crippen molar-refractivity contribution >= 4 is 8.32 Å². The normalized spacial score (nSPS) is 14.2. The molecular weight excluding hydrogens is 290 g/mol. The molecule has 1 N–H and O–H groups in total. The maximum absolute atomic E-state index is 6.65. The van der Waals surface area contributed by atoms with E-state index in [1.807, 2.05) is 12.1 Å². The Morgan fingerprint density at radius 3 is 2.05 bits per heavy atom. The first-order valence-corrected chi connectivity index (χ1v) is 11.0. The van der Waals surface area contributed by atoms with Gasteiger partial charge < -0.3 is 14.5 Å². The molecule has 0 fully saturated rings. The molecule has 4 heteroatoms. The lowest BCUT2D eigenvalue weighted by Gasteiger charge is -2.39. The van der Waals surface area contributed by atoms with Crippen LogP contribution in [0.3, 0.4) is 0 Å². The van der Waals surface area contributed by atoms with E-state index < -0.39 is 8.32 Å². The summed E-state index contributed by atoms with van der Waals surface area (Å²) in [6.07, 6.45) is 0.0780. The summed E-state index contributed by atoms with van der Waals surface area (Å²) >= 11 is 0. The van der Waals surface area contributed by atoms with Crippen LogP contribution in [0, 0.1) is 0 Å². The predicted octanol–water partition coefficient (Wildman–Crippen LogP) is 4.76. The van der Waals surface area contributed by atoms with E-state index in [1.165, 1.54) is 5.56 Å². The minimum absolute atomic E-state index is 0.0780. The zero-order valence-electron chi connectivity index (χ0n) is 15.5. The summed E-state index contributed by atoms with van der Waals surface area (Å²) in [7, 11) is -0.123. The van der Waals surface area contributed by atoms with Crippen LogP contribution in [0.5, 0.6) is 5.75 Å². The predicted molar refractivity (Wildman–Crippen MR) is 97.2 cm³/mol. The number of methoxy groups -OCH3 is 1. The van der Waals surface area contributed by atoms with Crippen LogP contribution in [0.2, 0.25) is 18.1 Å². The maximum atomic E-state index is 6.65. The number of ether oxygens (including phenoxy) is 1. The number of rotatable bonds is 7. The molecule has 0 spiro atoms. The topological polar surface area (TPSA) is 30.5 Å². The van der Waals surface area contributed by atoms with E-state index in [0.717, 1.165) is 12.3 Å². The molecule has 126 valence electrons. The van der Waals surface area contributed by atoms with E-state index >= 15 is 0 Å². The summed E-state index contributed by atoms with van der Waals surface area (Å²) in [6, 6.07) is 8.68. The molecule has 0 aliphatic rings. The number of hydrogen-bond acceptors (Lipinski definition) is 3. The molecule has 0 amide bonds. The SMILES string of the molecule is COc1ccc(C(CNC(C)C)O[Si](C)(C)C(C)(C)C)cc1. The zero-order chi connectivity index (χ0) is 17.0. The first-order valence-electron chi connectivity index (χ1n) is 8.12. The van der Waals surface area contributed by atoms with Gasteiger partial charge in [0.1, 0.15) is 5.75 Å². The summed E-state index contributed by atoms with van der Waals surface area (Å²) in [4.78, 5) is 0. The molecule has 1 unspecified atom stereocenters. The van der Waals surface area contributed by atoms with Crippen LogP contribution in [0.15, 0.2) is 24.3 Å². The van der Waals surface area contributed by atoms with E-state index in [0.29, 0.717) is 6.04 Å². The molecule has 0 aliphatic heterocycles. The fraction of sp³-hybridized carbons (Fsp3) is 0.667. The Morgan fingerprint density at radius 1 is 1.09 bits per heavy atom. The molecule has 1 aromatic carbocycles. The van der Waals surface area contributed by atoms with Gasteiger partial charge in [-0.25, -0.2) is 0 Å². The van der Waals surface area contributed by atoms with Gasteiger partial charge in [0.05, 0.1) is 13.2 Å². The van der Waals surface area contributed by atoms with Crippen LogP contribution in [0.25, 0.3) is 0 Å². The number of hydrogen-bond donors (Lipinski definition) is 1. The lowest BCUT2D eigenvalue weighted by atomic mass is 10.1. The van der Waals surface area contributed by atoms with Crippen LogP contribution in [0.1, 0.15) is 46.3 Å². The molecule has 0 aromatic heterocycles. The lowest BCUT2D eigenvalue weighted by Crippen LogP contribution is -2.44. The Morgan fingerprint density at radius 2 is 1.64 bits per heavy atom. The molecule has 0 radical (unpaired) electrons. The molecule has 0 saturated carbocycles. The van der Waals surface area contributed by atoms with Crippen molar-refractivity contribution in [1.29, 1.82) is 0 Å². The fourth-order valence-electron chi connectivity index (χ4n) is 1.92. The highest BCUT2D eigenvalue weighted by Gasteiger charge is 2.39. The van der Waals surface area contributed by atoms with Gasteiger partial charge in [-0.2, -0.15) is 0 Å². The van der Waals surface area contributed by atoms with Crippen molar-refractivity contribution in [3.8, 4) is 5.75 Å². The van der Waals surface area contributed by atoms with Gasteiger partial charge in [0.15, 0.2) is 8.32 Å². The van der Waals surface area contributed by atoms with Gasteiger partial charge in [0.25, 0.3) is 0 Å². The molecule has 1 atom stereocenters. The molecule has 22 heavy (non-hydrogen) atoms. The van der Waals surface area contributed by atoms with Gasteiger partial charge in [-0.3, -0.25) is 0 Å². The third-order valence-corrected chi connectivity index (χ3v) is 8.93. The second kappa shape index (κ2) is 7.62. The molecule has 3 nitrogen and oxygen atoms in total. The number of nitrogens with one attached hydrogen (secondary N) is 1. The summed E-state index contributed by atoms with van der Waals surface area (Å²) in [5.74, 6) is 0.881. The molecule has 0 bridgehead atoms. The van der Waals surface area contributed by atoms with Crippen LogP contribution < -0.4 is 10.1 Å². The third kappa shape index (κ3) is 5.41. The van der Waals surface area contributed by atoms with Crippen LogP contribution in [-0.2, 0) is 4.43 Å². The van der Waals surface area contributed by atoms with E-state index in [-0.39, 0.29) is 11.1 Å². The largest absolute Gasteiger partial charge is 0.497 e. The maximum Gasteiger partial charge on any atom is 0.192 e. The summed E-state index contributed by atoms with van der Waals surface area (Å²) in [5.41, 5.74) is 1.21. The van der Waals surface area contributed by atoms with Crippen LogP contribution in [-0.4, -0.2) is 28.0 Å². The van der Waals surface area contributed by atoms with Gasteiger partial charge in [0.2, 0.25) is 0 Å². The molecule has 1 rings (SSSR count). The Labute approximate surface area is 137 Å². The Bertz CT molecular complexity index is 449. The molecular formula is C18H33NO2Si. The third-order valence-electron chi connectivity index (χ3n) is 4.44. The highest BCUT2D eigenvalue weighted by molar-refractivity contribution is 6.74. The highest BCUT2D eigenvalue weighted by atomic mass is 28.4. The van der Waals surface area contributed by atoms with E-state index in [1.54, 1.807) is 7.11 Å². The molecule has 1 aromatic rings. The monoisotopic (exact) mass is 323 g/mol. The minimum atomic E-state index is -1.82. The van der Waals surface area contributed by atoms with Crippen molar-refractivity contribution < 1.29 is 9.16 Å². The standard InChI is InChI=1S/C18H33NO2Si/c1-14(2)19-13-17(21-22(7,8)18(3,4)5)15-9-11-16(20-6)12-10-15/h9-12,14,17,19H,13H2,1-8H3. The van der Waals surface area contributed by atoms with Crippen molar-refractivity contribution in [2.24, 2.45) is 0 Å². The molecule has 0 saturated heterocycles. The van der Waals surface area contributed by atoms with Crippen molar-refractivity contribution in [3.05, 3.63) is 29.8 Å².